The molecule has 0 aromatic rings. The van der Waals surface area contributed by atoms with Gasteiger partial charge in [-0.15, -0.1) is 11.8 Å². The normalized spacial score (nSPS) is 30.4. The average molecular weight is 307 g/mol. The Bertz CT molecular complexity index is 488. The van der Waals surface area contributed by atoms with Crippen LogP contribution < -0.4 is 0 Å². The summed E-state index contributed by atoms with van der Waals surface area (Å²) >= 11 is 1.43. The molecule has 2 atom stereocenters. The summed E-state index contributed by atoms with van der Waals surface area (Å²) in [6, 6.07) is 0. The number of amides is 1. The van der Waals surface area contributed by atoms with Gasteiger partial charge < -0.3 is 10.0 Å². The molecule has 114 valence electrons. The second-order valence-electron chi connectivity index (χ2n) is 6.18. The number of nitrogens with zero attached hydrogens (tertiary/aromatic N) is 1. The van der Waals surface area contributed by atoms with Gasteiger partial charge in [-0.1, -0.05) is 18.9 Å². The Labute approximate surface area is 129 Å². The van der Waals surface area contributed by atoms with E-state index in [2.05, 4.69) is 0 Å². The highest BCUT2D eigenvalue weighted by Gasteiger charge is 2.36. The van der Waals surface area contributed by atoms with Gasteiger partial charge >= 0.3 is 5.97 Å². The molecule has 1 aliphatic carbocycles. The van der Waals surface area contributed by atoms with Crippen LogP contribution in [-0.2, 0) is 9.59 Å². The maximum absolute atomic E-state index is 12.5. The Kier molecular flexibility index (Phi) is 4.38. The van der Waals surface area contributed by atoms with Gasteiger partial charge in [0.05, 0.1) is 12.0 Å². The van der Waals surface area contributed by atoms with Crippen molar-refractivity contribution >= 4 is 23.6 Å². The van der Waals surface area contributed by atoms with Gasteiger partial charge in [0.2, 0.25) is 5.91 Å². The summed E-state index contributed by atoms with van der Waals surface area (Å²) in [6.07, 6.45) is 7.62. The number of thioether (sulfide) groups is 1. The van der Waals surface area contributed by atoms with Crippen molar-refractivity contribution in [1.82, 2.24) is 4.90 Å². The van der Waals surface area contributed by atoms with Crippen LogP contribution in [0, 0.1) is 11.8 Å². The van der Waals surface area contributed by atoms with Crippen molar-refractivity contribution in [2.45, 2.75) is 38.5 Å². The number of likely N-dealkylation sites (tertiary alicyclic amines) is 1. The molecule has 0 radical (unpaired) electrons. The van der Waals surface area contributed by atoms with Crippen LogP contribution in [-0.4, -0.2) is 35.0 Å². The average Bonchev–Trinajstić information content (AvgIpc) is 3.12. The van der Waals surface area contributed by atoms with Gasteiger partial charge in [-0.25, -0.2) is 4.79 Å². The number of hydrogen-bond donors (Lipinski definition) is 1. The van der Waals surface area contributed by atoms with E-state index in [0.29, 0.717) is 18.3 Å². The first-order valence-corrected chi connectivity index (χ1v) is 8.58. The predicted molar refractivity (Wildman–Crippen MR) is 82.7 cm³/mol. The second-order valence-corrected chi connectivity index (χ2v) is 7.18. The highest BCUT2D eigenvalue weighted by molar-refractivity contribution is 8.06. The SMILES string of the molecule is O=C(O)C(CC(=O)N1C[C@H]2CCCC[C@H]2C1)=C1CC=CS1. The molecule has 0 spiro atoms. The Morgan fingerprint density at radius 2 is 1.90 bits per heavy atom. The summed E-state index contributed by atoms with van der Waals surface area (Å²) in [7, 11) is 0. The van der Waals surface area contributed by atoms with Crippen molar-refractivity contribution in [2.75, 3.05) is 13.1 Å². The van der Waals surface area contributed by atoms with Crippen LogP contribution in [0.4, 0.5) is 0 Å². The lowest BCUT2D eigenvalue weighted by molar-refractivity contribution is -0.136. The summed E-state index contributed by atoms with van der Waals surface area (Å²) in [5.74, 6) is 0.324. The van der Waals surface area contributed by atoms with Crippen molar-refractivity contribution in [3.63, 3.8) is 0 Å². The van der Waals surface area contributed by atoms with E-state index >= 15 is 0 Å². The second kappa shape index (κ2) is 6.26. The minimum atomic E-state index is -0.953. The number of carbonyl (C=O) groups excluding carboxylic acids is 1. The lowest BCUT2D eigenvalue weighted by Gasteiger charge is -2.22. The number of rotatable bonds is 3. The van der Waals surface area contributed by atoms with Gasteiger partial charge in [-0.2, -0.15) is 0 Å². The van der Waals surface area contributed by atoms with Crippen LogP contribution in [0.3, 0.4) is 0 Å². The van der Waals surface area contributed by atoms with Gasteiger partial charge in [0.25, 0.3) is 0 Å². The van der Waals surface area contributed by atoms with Crippen LogP contribution in [0.1, 0.15) is 38.5 Å². The first-order valence-electron chi connectivity index (χ1n) is 7.70. The first kappa shape index (κ1) is 14.7. The Morgan fingerprint density at radius 1 is 1.24 bits per heavy atom. The third-order valence-corrected chi connectivity index (χ3v) is 5.89. The standard InChI is InChI=1S/C16H21NO3S/c18-15(8-13(16(19)20)14-6-3-7-21-14)17-9-11-4-1-2-5-12(11)10-17/h3,7,11-12H,1-2,4-6,8-10H2,(H,19,20)/t11-,12+. The van der Waals surface area contributed by atoms with Gasteiger partial charge in [-0.05, 0) is 36.5 Å². The zero-order chi connectivity index (χ0) is 14.8. The fraction of sp³-hybridized carbons (Fsp3) is 0.625. The lowest BCUT2D eigenvalue weighted by atomic mass is 9.82. The number of fused-ring (bicyclic) bond motifs is 1. The van der Waals surface area contributed by atoms with Crippen molar-refractivity contribution in [3.05, 3.63) is 22.0 Å². The monoisotopic (exact) mass is 307 g/mol. The summed E-state index contributed by atoms with van der Waals surface area (Å²) < 4.78 is 0. The summed E-state index contributed by atoms with van der Waals surface area (Å²) in [5, 5.41) is 11.3. The van der Waals surface area contributed by atoms with Crippen molar-refractivity contribution in [2.24, 2.45) is 11.8 Å². The summed E-state index contributed by atoms with van der Waals surface area (Å²) in [6.45, 7) is 1.66. The fourth-order valence-corrected chi connectivity index (χ4v) is 4.54. The number of hydrogen-bond acceptors (Lipinski definition) is 3. The minimum absolute atomic E-state index is 0.0122. The number of carbonyl (C=O) groups is 2. The van der Waals surface area contributed by atoms with Gasteiger partial charge in [-0.3, -0.25) is 4.79 Å². The van der Waals surface area contributed by atoms with Crippen LogP contribution in [0.25, 0.3) is 0 Å². The molecule has 0 unspecified atom stereocenters. The summed E-state index contributed by atoms with van der Waals surface area (Å²) in [4.78, 5) is 26.6. The molecule has 0 aromatic carbocycles. The first-order chi connectivity index (χ1) is 10.1. The molecule has 3 aliphatic rings. The van der Waals surface area contributed by atoms with Gasteiger partial charge in [0, 0.05) is 18.0 Å². The Morgan fingerprint density at radius 3 is 2.43 bits per heavy atom. The fourth-order valence-electron chi connectivity index (χ4n) is 3.69. The predicted octanol–water partition coefficient (Wildman–Crippen LogP) is 3.01. The largest absolute Gasteiger partial charge is 0.478 e. The molecule has 0 aromatic heterocycles. The van der Waals surface area contributed by atoms with Crippen LogP contribution in [0.2, 0.25) is 0 Å². The zero-order valence-electron chi connectivity index (χ0n) is 12.1. The smallest absolute Gasteiger partial charge is 0.332 e. The molecule has 1 amide bonds. The molecule has 1 saturated heterocycles. The minimum Gasteiger partial charge on any atom is -0.478 e. The molecule has 1 N–H and O–H groups in total. The number of allylic oxidation sites excluding steroid dienone is 2. The maximum Gasteiger partial charge on any atom is 0.332 e. The zero-order valence-corrected chi connectivity index (χ0v) is 12.9. The molecular weight excluding hydrogens is 286 g/mol. The molecule has 2 fully saturated rings. The van der Waals surface area contributed by atoms with Crippen molar-refractivity contribution in [3.8, 4) is 0 Å². The van der Waals surface area contributed by atoms with E-state index in [-0.39, 0.29) is 17.9 Å². The third-order valence-electron chi connectivity index (χ3n) is 4.86. The molecule has 2 aliphatic heterocycles. The molecule has 0 bridgehead atoms. The van der Waals surface area contributed by atoms with E-state index in [1.165, 1.54) is 37.4 Å². The number of carboxylic acid groups (broad SMARTS) is 1. The van der Waals surface area contributed by atoms with E-state index in [4.69, 9.17) is 0 Å². The highest BCUT2D eigenvalue weighted by atomic mass is 32.2. The quantitative estimate of drug-likeness (QED) is 0.814. The molecule has 2 heterocycles. The van der Waals surface area contributed by atoms with Crippen molar-refractivity contribution < 1.29 is 14.7 Å². The molecule has 1 saturated carbocycles. The van der Waals surface area contributed by atoms with E-state index in [1.54, 1.807) is 0 Å². The molecule has 4 nitrogen and oxygen atoms in total. The Balaban J connectivity index is 1.65. The third kappa shape index (κ3) is 3.18. The van der Waals surface area contributed by atoms with E-state index in [0.717, 1.165) is 18.0 Å². The number of aliphatic carboxylic acids is 1. The van der Waals surface area contributed by atoms with E-state index in [1.807, 2.05) is 16.4 Å². The van der Waals surface area contributed by atoms with Crippen molar-refractivity contribution in [1.29, 1.82) is 0 Å². The Hall–Kier alpha value is -1.23. The number of carboxylic acids is 1. The van der Waals surface area contributed by atoms with E-state index in [9.17, 15) is 14.7 Å². The molecular formula is C16H21NO3S. The highest BCUT2D eigenvalue weighted by Crippen LogP contribution is 2.37. The van der Waals surface area contributed by atoms with Crippen LogP contribution >= 0.6 is 11.8 Å². The molecule has 3 rings (SSSR count). The van der Waals surface area contributed by atoms with Gasteiger partial charge in [0.1, 0.15) is 0 Å². The van der Waals surface area contributed by atoms with Gasteiger partial charge in [0.15, 0.2) is 0 Å². The lowest BCUT2D eigenvalue weighted by Crippen LogP contribution is -2.30. The summed E-state index contributed by atoms with van der Waals surface area (Å²) in [5.41, 5.74) is 0.282. The molecule has 21 heavy (non-hydrogen) atoms. The van der Waals surface area contributed by atoms with Crippen LogP contribution in [0.5, 0.6) is 0 Å². The van der Waals surface area contributed by atoms with E-state index < -0.39 is 5.97 Å². The maximum atomic E-state index is 12.5. The van der Waals surface area contributed by atoms with Crippen LogP contribution in [0.15, 0.2) is 22.0 Å². The topological polar surface area (TPSA) is 57.6 Å². The molecule has 5 heteroatoms.